The minimum Gasteiger partial charge on any atom is -0.444 e. The number of likely N-dealkylation sites (tertiary alicyclic amines) is 1. The highest BCUT2D eigenvalue weighted by molar-refractivity contribution is 6.35. The van der Waals surface area contributed by atoms with E-state index in [1.807, 2.05) is 32.9 Å². The smallest absolute Gasteiger partial charge is 0.410 e. The number of hydrogen-bond donors (Lipinski definition) is 1. The van der Waals surface area contributed by atoms with Crippen molar-refractivity contribution in [2.75, 3.05) is 13.1 Å². The molecule has 0 bridgehead atoms. The molecule has 1 aliphatic rings. The van der Waals surface area contributed by atoms with E-state index in [0.29, 0.717) is 29.6 Å². The number of nitrogens with zero attached hydrogens (tertiary/aromatic N) is 1. The van der Waals surface area contributed by atoms with Gasteiger partial charge in [0, 0.05) is 29.2 Å². The average molecular weight is 359 g/mol. The molecule has 1 aliphatic heterocycles. The quantitative estimate of drug-likeness (QED) is 0.883. The lowest BCUT2D eigenvalue weighted by atomic mass is 9.93. The van der Waals surface area contributed by atoms with E-state index < -0.39 is 5.60 Å². The fourth-order valence-electron chi connectivity index (χ4n) is 2.74. The molecule has 4 nitrogen and oxygen atoms in total. The molecule has 2 atom stereocenters. The zero-order valence-corrected chi connectivity index (χ0v) is 15.3. The molecular weight excluding hydrogens is 335 g/mol. The Morgan fingerprint density at radius 2 is 2.13 bits per heavy atom. The summed E-state index contributed by atoms with van der Waals surface area (Å²) in [5.74, 6) is 0.245. The highest BCUT2D eigenvalue weighted by Gasteiger charge is 2.32. The van der Waals surface area contributed by atoms with Gasteiger partial charge in [0.15, 0.2) is 0 Å². The minimum atomic E-state index is -0.478. The number of nitrogens with two attached hydrogens (primary N) is 1. The number of hydrogen-bond acceptors (Lipinski definition) is 3. The second-order valence-corrected chi connectivity index (χ2v) is 7.92. The summed E-state index contributed by atoms with van der Waals surface area (Å²) < 4.78 is 5.41. The maximum Gasteiger partial charge on any atom is 0.410 e. The fourth-order valence-corrected chi connectivity index (χ4v) is 3.22. The first kappa shape index (κ1) is 18.4. The van der Waals surface area contributed by atoms with Gasteiger partial charge in [0.2, 0.25) is 0 Å². The van der Waals surface area contributed by atoms with E-state index >= 15 is 0 Å². The summed E-state index contributed by atoms with van der Waals surface area (Å²) >= 11 is 12.1. The molecule has 1 saturated heterocycles. The molecule has 1 fully saturated rings. The van der Waals surface area contributed by atoms with Crippen LogP contribution in [0.1, 0.15) is 32.8 Å². The number of rotatable bonds is 3. The molecule has 2 unspecified atom stereocenters. The standard InChI is InChI=1S/C17H24Cl2N2O2/c1-17(2,3)23-16(22)21-7-6-12(10-21)15(20)8-11-4-5-13(18)9-14(11)19/h4-5,9,12,15H,6-8,10,20H2,1-3H3. The van der Waals surface area contributed by atoms with Crippen molar-refractivity contribution in [3.05, 3.63) is 33.8 Å². The lowest BCUT2D eigenvalue weighted by Crippen LogP contribution is -2.38. The summed E-state index contributed by atoms with van der Waals surface area (Å²) in [7, 11) is 0. The van der Waals surface area contributed by atoms with Crippen LogP contribution in [-0.4, -0.2) is 35.7 Å². The van der Waals surface area contributed by atoms with Crippen LogP contribution >= 0.6 is 23.2 Å². The first-order chi connectivity index (χ1) is 10.7. The average Bonchev–Trinajstić information content (AvgIpc) is 2.90. The van der Waals surface area contributed by atoms with E-state index in [4.69, 9.17) is 33.7 Å². The van der Waals surface area contributed by atoms with Gasteiger partial charge in [-0.25, -0.2) is 4.79 Å². The van der Waals surface area contributed by atoms with Crippen LogP contribution in [-0.2, 0) is 11.2 Å². The van der Waals surface area contributed by atoms with Crippen LogP contribution in [0, 0.1) is 5.92 Å². The van der Waals surface area contributed by atoms with Gasteiger partial charge < -0.3 is 15.4 Å². The molecule has 0 saturated carbocycles. The van der Waals surface area contributed by atoms with E-state index in [9.17, 15) is 4.79 Å². The molecule has 2 rings (SSSR count). The lowest BCUT2D eigenvalue weighted by molar-refractivity contribution is 0.0286. The zero-order chi connectivity index (χ0) is 17.2. The summed E-state index contributed by atoms with van der Waals surface area (Å²) in [6, 6.07) is 5.40. The van der Waals surface area contributed by atoms with Crippen LogP contribution in [0.25, 0.3) is 0 Å². The Balaban J connectivity index is 1.92. The Bertz CT molecular complexity index is 572. The van der Waals surface area contributed by atoms with Crippen molar-refractivity contribution in [2.24, 2.45) is 11.7 Å². The lowest BCUT2D eigenvalue weighted by Gasteiger charge is -2.25. The van der Waals surface area contributed by atoms with Crippen molar-refractivity contribution in [1.82, 2.24) is 4.90 Å². The summed E-state index contributed by atoms with van der Waals surface area (Å²) in [6.45, 7) is 6.91. The van der Waals surface area contributed by atoms with Crippen LogP contribution in [0.15, 0.2) is 18.2 Å². The van der Waals surface area contributed by atoms with Gasteiger partial charge in [-0.1, -0.05) is 29.3 Å². The monoisotopic (exact) mass is 358 g/mol. The Morgan fingerprint density at radius 1 is 1.43 bits per heavy atom. The van der Waals surface area contributed by atoms with Gasteiger partial charge in [0.25, 0.3) is 0 Å². The number of amides is 1. The van der Waals surface area contributed by atoms with Gasteiger partial charge in [-0.2, -0.15) is 0 Å². The van der Waals surface area contributed by atoms with E-state index in [1.165, 1.54) is 0 Å². The van der Waals surface area contributed by atoms with Crippen LogP contribution < -0.4 is 5.73 Å². The zero-order valence-electron chi connectivity index (χ0n) is 13.8. The minimum absolute atomic E-state index is 0.0545. The normalized spacial score (nSPS) is 19.7. The van der Waals surface area contributed by atoms with E-state index in [-0.39, 0.29) is 18.1 Å². The molecule has 0 aliphatic carbocycles. The maximum absolute atomic E-state index is 12.1. The maximum atomic E-state index is 12.1. The van der Waals surface area contributed by atoms with Crippen LogP contribution in [0.2, 0.25) is 10.0 Å². The predicted octanol–water partition coefficient (Wildman–Crippen LogP) is 4.12. The van der Waals surface area contributed by atoms with Gasteiger partial charge in [-0.3, -0.25) is 0 Å². The van der Waals surface area contributed by atoms with Gasteiger partial charge in [0.1, 0.15) is 5.60 Å². The molecule has 128 valence electrons. The molecule has 0 spiro atoms. The van der Waals surface area contributed by atoms with Crippen molar-refractivity contribution >= 4 is 29.3 Å². The molecule has 1 amide bonds. The summed E-state index contributed by atoms with van der Waals surface area (Å²) in [4.78, 5) is 13.8. The van der Waals surface area contributed by atoms with Crippen molar-refractivity contribution in [3.63, 3.8) is 0 Å². The van der Waals surface area contributed by atoms with Crippen LogP contribution in [0.3, 0.4) is 0 Å². The molecule has 1 aromatic rings. The molecule has 6 heteroatoms. The van der Waals surface area contributed by atoms with E-state index in [0.717, 1.165) is 12.0 Å². The molecule has 0 radical (unpaired) electrons. The first-order valence-corrected chi connectivity index (χ1v) is 8.59. The van der Waals surface area contributed by atoms with Crippen molar-refractivity contribution < 1.29 is 9.53 Å². The molecule has 2 N–H and O–H groups in total. The summed E-state index contributed by atoms with van der Waals surface area (Å²) in [5.41, 5.74) is 6.84. The Hall–Kier alpha value is -0.970. The van der Waals surface area contributed by atoms with Gasteiger partial charge in [-0.05, 0) is 57.2 Å². The SMILES string of the molecule is CC(C)(C)OC(=O)N1CCC(C(N)Cc2ccc(Cl)cc2Cl)C1. The number of carbonyl (C=O) groups excluding carboxylic acids is 1. The Labute approximate surface area is 147 Å². The van der Waals surface area contributed by atoms with Crippen molar-refractivity contribution in [2.45, 2.75) is 45.3 Å². The third-order valence-corrected chi connectivity index (χ3v) is 4.54. The Morgan fingerprint density at radius 3 is 2.74 bits per heavy atom. The molecular formula is C17H24Cl2N2O2. The largest absolute Gasteiger partial charge is 0.444 e. The van der Waals surface area contributed by atoms with Crippen LogP contribution in [0.5, 0.6) is 0 Å². The number of ether oxygens (including phenoxy) is 1. The highest BCUT2D eigenvalue weighted by atomic mass is 35.5. The Kier molecular flexibility index (Phi) is 5.82. The second kappa shape index (κ2) is 7.29. The fraction of sp³-hybridized carbons (Fsp3) is 0.588. The third kappa shape index (κ3) is 5.27. The predicted molar refractivity (Wildman–Crippen MR) is 94.1 cm³/mol. The van der Waals surface area contributed by atoms with Gasteiger partial charge in [-0.15, -0.1) is 0 Å². The van der Waals surface area contributed by atoms with Gasteiger partial charge in [0.05, 0.1) is 0 Å². The first-order valence-electron chi connectivity index (χ1n) is 7.83. The van der Waals surface area contributed by atoms with Crippen LogP contribution in [0.4, 0.5) is 4.79 Å². The van der Waals surface area contributed by atoms with Crippen molar-refractivity contribution in [3.8, 4) is 0 Å². The number of halogens is 2. The molecule has 1 aromatic carbocycles. The third-order valence-electron chi connectivity index (χ3n) is 3.95. The second-order valence-electron chi connectivity index (χ2n) is 7.08. The van der Waals surface area contributed by atoms with E-state index in [1.54, 1.807) is 11.0 Å². The summed E-state index contributed by atoms with van der Waals surface area (Å²) in [6.07, 6.45) is 1.28. The summed E-state index contributed by atoms with van der Waals surface area (Å²) in [5, 5.41) is 1.25. The topological polar surface area (TPSA) is 55.6 Å². The number of benzene rings is 1. The molecule has 1 heterocycles. The molecule has 23 heavy (non-hydrogen) atoms. The van der Waals surface area contributed by atoms with Gasteiger partial charge >= 0.3 is 6.09 Å². The van der Waals surface area contributed by atoms with E-state index in [2.05, 4.69) is 0 Å². The number of carbonyl (C=O) groups is 1. The van der Waals surface area contributed by atoms with Crippen molar-refractivity contribution in [1.29, 1.82) is 0 Å². The highest BCUT2D eigenvalue weighted by Crippen LogP contribution is 2.26. The molecule has 0 aromatic heterocycles.